The molecule has 1 fully saturated rings. The first-order valence-corrected chi connectivity index (χ1v) is 12.9. The molecule has 0 unspecified atom stereocenters. The van der Waals surface area contributed by atoms with Crippen LogP contribution in [0, 0.1) is 0 Å². The van der Waals surface area contributed by atoms with E-state index in [2.05, 4.69) is 65.2 Å². The van der Waals surface area contributed by atoms with Crippen LogP contribution in [0.15, 0.2) is 97.1 Å². The van der Waals surface area contributed by atoms with Gasteiger partial charge in [-0.3, -0.25) is 0 Å². The lowest BCUT2D eigenvalue weighted by atomic mass is 9.98. The van der Waals surface area contributed by atoms with Gasteiger partial charge < -0.3 is 18.8 Å². The minimum atomic E-state index is -0.310. The molecule has 5 aromatic rings. The summed E-state index contributed by atoms with van der Waals surface area (Å²) in [4.78, 5) is 12.1. The number of aromatic nitrogens is 1. The first-order valence-electron chi connectivity index (χ1n) is 12.9. The molecule has 0 N–H and O–H groups in total. The zero-order chi connectivity index (χ0) is 25.0. The summed E-state index contributed by atoms with van der Waals surface area (Å²) < 4.78 is 19.4. The van der Waals surface area contributed by atoms with E-state index in [0.29, 0.717) is 11.5 Å². The lowest BCUT2D eigenvalue weighted by Crippen LogP contribution is -2.24. The maximum absolute atomic E-state index is 12.1. The predicted octanol–water partition coefficient (Wildman–Crippen LogP) is 7.83. The Morgan fingerprint density at radius 3 is 1.84 bits per heavy atom. The number of para-hydroxylation sites is 2. The molecule has 0 saturated heterocycles. The minimum absolute atomic E-state index is 0.0435. The van der Waals surface area contributed by atoms with Crippen molar-refractivity contribution in [3.8, 4) is 22.9 Å². The van der Waals surface area contributed by atoms with Gasteiger partial charge in [-0.15, -0.1) is 0 Å². The number of ether oxygens (including phenoxy) is 3. The highest BCUT2D eigenvalue weighted by Gasteiger charge is 2.18. The summed E-state index contributed by atoms with van der Waals surface area (Å²) in [5, 5.41) is 2.48. The Labute approximate surface area is 216 Å². The second-order valence-corrected chi connectivity index (χ2v) is 9.48. The Balaban J connectivity index is 1.11. The summed E-state index contributed by atoms with van der Waals surface area (Å²) in [6, 6.07) is 32.3. The van der Waals surface area contributed by atoms with Crippen LogP contribution in [0.4, 0.5) is 0 Å². The number of rotatable bonds is 7. The van der Waals surface area contributed by atoms with E-state index in [9.17, 15) is 4.79 Å². The molecule has 186 valence electrons. The second kappa shape index (κ2) is 10.4. The van der Waals surface area contributed by atoms with E-state index >= 15 is 0 Å². The largest absolute Gasteiger partial charge is 0.482 e. The van der Waals surface area contributed by atoms with Crippen molar-refractivity contribution in [3.05, 3.63) is 97.1 Å². The lowest BCUT2D eigenvalue weighted by Gasteiger charge is -2.21. The fourth-order valence-electron chi connectivity index (χ4n) is 5.15. The SMILES string of the molecule is O=C(COc1ccc(Oc2ccc(-n3c4ccccc4c4ccccc43)cc2)cc1)OC1CCCCC1. The summed E-state index contributed by atoms with van der Waals surface area (Å²) >= 11 is 0. The molecule has 0 spiro atoms. The monoisotopic (exact) mass is 491 g/mol. The Morgan fingerprint density at radius 2 is 1.22 bits per heavy atom. The summed E-state index contributed by atoms with van der Waals surface area (Å²) in [5.74, 6) is 1.74. The van der Waals surface area contributed by atoms with Crippen LogP contribution < -0.4 is 9.47 Å². The van der Waals surface area contributed by atoms with Gasteiger partial charge in [-0.05, 0) is 86.3 Å². The molecule has 6 rings (SSSR count). The third kappa shape index (κ3) is 5.03. The quantitative estimate of drug-likeness (QED) is 0.218. The fourth-order valence-corrected chi connectivity index (χ4v) is 5.15. The van der Waals surface area contributed by atoms with E-state index in [-0.39, 0.29) is 18.7 Å². The molecule has 0 aliphatic heterocycles. The van der Waals surface area contributed by atoms with Crippen LogP contribution in [-0.2, 0) is 9.53 Å². The normalized spacial score (nSPS) is 14.1. The van der Waals surface area contributed by atoms with Gasteiger partial charge in [0.15, 0.2) is 6.61 Å². The Morgan fingerprint density at radius 1 is 0.676 bits per heavy atom. The van der Waals surface area contributed by atoms with Crippen LogP contribution in [0.3, 0.4) is 0 Å². The van der Waals surface area contributed by atoms with Gasteiger partial charge in [-0.1, -0.05) is 42.8 Å². The van der Waals surface area contributed by atoms with Crippen molar-refractivity contribution < 1.29 is 19.0 Å². The average molecular weight is 492 g/mol. The standard InChI is InChI=1S/C32H29NO4/c34-32(37-25-8-2-1-3-9-25)22-35-24-18-20-27(21-19-24)36-26-16-14-23(15-17-26)33-30-12-6-4-10-28(30)29-11-5-7-13-31(29)33/h4-7,10-21,25H,1-3,8-9,22H2. The van der Waals surface area contributed by atoms with E-state index in [1.165, 1.54) is 28.2 Å². The van der Waals surface area contributed by atoms with E-state index in [0.717, 1.165) is 37.1 Å². The van der Waals surface area contributed by atoms with Crippen molar-refractivity contribution in [2.24, 2.45) is 0 Å². The first-order chi connectivity index (χ1) is 18.2. The maximum Gasteiger partial charge on any atom is 0.344 e. The third-order valence-electron chi connectivity index (χ3n) is 6.94. The van der Waals surface area contributed by atoms with Gasteiger partial charge in [0.2, 0.25) is 0 Å². The molecule has 5 nitrogen and oxygen atoms in total. The Kier molecular flexibility index (Phi) is 6.51. The molecule has 0 bridgehead atoms. The summed E-state index contributed by atoms with van der Waals surface area (Å²) in [5.41, 5.74) is 3.43. The fraction of sp³-hybridized carbons (Fsp3) is 0.219. The molecule has 4 aromatic carbocycles. The molecular weight excluding hydrogens is 462 g/mol. The zero-order valence-corrected chi connectivity index (χ0v) is 20.6. The van der Waals surface area contributed by atoms with Gasteiger partial charge in [0.05, 0.1) is 11.0 Å². The average Bonchev–Trinajstić information content (AvgIpc) is 3.28. The van der Waals surface area contributed by atoms with Crippen molar-refractivity contribution in [1.82, 2.24) is 4.57 Å². The molecular formula is C32H29NO4. The number of fused-ring (bicyclic) bond motifs is 3. The zero-order valence-electron chi connectivity index (χ0n) is 20.6. The number of carbonyl (C=O) groups is 1. The third-order valence-corrected chi connectivity index (χ3v) is 6.94. The molecule has 1 aliphatic rings. The van der Waals surface area contributed by atoms with Crippen LogP contribution in [0.25, 0.3) is 27.5 Å². The molecule has 1 aliphatic carbocycles. The topological polar surface area (TPSA) is 49.7 Å². The van der Waals surface area contributed by atoms with Crippen LogP contribution in [0.1, 0.15) is 32.1 Å². The highest BCUT2D eigenvalue weighted by Crippen LogP contribution is 2.33. The second-order valence-electron chi connectivity index (χ2n) is 9.48. The van der Waals surface area contributed by atoms with Gasteiger partial charge in [-0.25, -0.2) is 4.79 Å². The summed E-state index contributed by atoms with van der Waals surface area (Å²) in [6.07, 6.45) is 5.44. The molecule has 1 aromatic heterocycles. The van der Waals surface area contributed by atoms with Crippen molar-refractivity contribution in [2.45, 2.75) is 38.2 Å². The minimum Gasteiger partial charge on any atom is -0.482 e. The van der Waals surface area contributed by atoms with Gasteiger partial charge >= 0.3 is 5.97 Å². The van der Waals surface area contributed by atoms with E-state index in [1.807, 2.05) is 24.3 Å². The van der Waals surface area contributed by atoms with Gasteiger partial charge in [0.1, 0.15) is 23.4 Å². The summed E-state index contributed by atoms with van der Waals surface area (Å²) in [7, 11) is 0. The molecule has 1 heterocycles. The van der Waals surface area contributed by atoms with Gasteiger partial charge in [0, 0.05) is 16.5 Å². The molecule has 1 saturated carbocycles. The van der Waals surface area contributed by atoms with Crippen LogP contribution in [-0.4, -0.2) is 23.2 Å². The number of nitrogens with zero attached hydrogens (tertiary/aromatic N) is 1. The highest BCUT2D eigenvalue weighted by molar-refractivity contribution is 6.09. The molecule has 5 heteroatoms. The smallest absolute Gasteiger partial charge is 0.344 e. The van der Waals surface area contributed by atoms with Gasteiger partial charge in [0.25, 0.3) is 0 Å². The Bertz CT molecular complexity index is 1460. The predicted molar refractivity (Wildman–Crippen MR) is 146 cm³/mol. The highest BCUT2D eigenvalue weighted by atomic mass is 16.6. The van der Waals surface area contributed by atoms with E-state index in [1.54, 1.807) is 12.1 Å². The molecule has 0 atom stereocenters. The number of benzene rings is 4. The van der Waals surface area contributed by atoms with E-state index in [4.69, 9.17) is 14.2 Å². The van der Waals surface area contributed by atoms with Crippen molar-refractivity contribution >= 4 is 27.8 Å². The first kappa shape index (κ1) is 23.2. The lowest BCUT2D eigenvalue weighted by molar-refractivity contribution is -0.152. The molecule has 37 heavy (non-hydrogen) atoms. The van der Waals surface area contributed by atoms with E-state index < -0.39 is 0 Å². The van der Waals surface area contributed by atoms with Crippen LogP contribution in [0.2, 0.25) is 0 Å². The molecule has 0 radical (unpaired) electrons. The van der Waals surface area contributed by atoms with Crippen molar-refractivity contribution in [1.29, 1.82) is 0 Å². The van der Waals surface area contributed by atoms with Gasteiger partial charge in [-0.2, -0.15) is 0 Å². The van der Waals surface area contributed by atoms with Crippen molar-refractivity contribution in [3.63, 3.8) is 0 Å². The van der Waals surface area contributed by atoms with Crippen molar-refractivity contribution in [2.75, 3.05) is 6.61 Å². The number of esters is 1. The number of hydrogen-bond donors (Lipinski definition) is 0. The number of carbonyl (C=O) groups excluding carboxylic acids is 1. The van der Waals surface area contributed by atoms with Crippen LogP contribution >= 0.6 is 0 Å². The molecule has 0 amide bonds. The number of hydrogen-bond acceptors (Lipinski definition) is 4. The Hall–Kier alpha value is -4.25. The van der Waals surface area contributed by atoms with Crippen LogP contribution in [0.5, 0.6) is 17.2 Å². The maximum atomic E-state index is 12.1. The summed E-state index contributed by atoms with van der Waals surface area (Å²) in [6.45, 7) is -0.0824.